The van der Waals surface area contributed by atoms with Crippen molar-refractivity contribution in [3.63, 3.8) is 0 Å². The second-order valence-electron chi connectivity index (χ2n) is 16.4. The lowest BCUT2D eigenvalue weighted by Gasteiger charge is -2.44. The molecule has 0 fully saturated rings. The van der Waals surface area contributed by atoms with Gasteiger partial charge in [-0.1, -0.05) is 32.0 Å². The summed E-state index contributed by atoms with van der Waals surface area (Å²) >= 11 is 0. The highest BCUT2D eigenvalue weighted by Crippen LogP contribution is 2.64. The van der Waals surface area contributed by atoms with Crippen molar-refractivity contribution < 1.29 is 80.6 Å². The van der Waals surface area contributed by atoms with E-state index in [0.717, 1.165) is 18.2 Å². The van der Waals surface area contributed by atoms with Gasteiger partial charge >= 0.3 is 0 Å². The summed E-state index contributed by atoms with van der Waals surface area (Å²) in [5, 5.41) is 143. The van der Waals surface area contributed by atoms with E-state index in [1.54, 1.807) is 13.8 Å². The van der Waals surface area contributed by atoms with Gasteiger partial charge in [0.2, 0.25) is 0 Å². The van der Waals surface area contributed by atoms with Gasteiger partial charge in [0.15, 0.2) is 34.5 Å². The normalized spacial score (nSPS) is 23.6. The van der Waals surface area contributed by atoms with Crippen LogP contribution in [0.25, 0.3) is 0 Å². The Labute approximate surface area is 357 Å². The SMILES string of the molecule is CC1C(c2ccc(O)c(O)c2)Oc2cc(O)cc(O)c2C1c1c(O)cc(O)c2c1OC(c1ccc(O)c(O)c1)C(C)C2c1c(O)cc(O)c2c1OC(c1ccc(O)c(O)c1)[C@@H](O)C2. The molecule has 7 unspecified atom stereocenters. The number of hydrogen-bond donors (Lipinski definition) is 13. The zero-order valence-electron chi connectivity index (χ0n) is 33.4. The van der Waals surface area contributed by atoms with Crippen LogP contribution in [-0.4, -0.2) is 72.5 Å². The van der Waals surface area contributed by atoms with Crippen LogP contribution in [0.1, 0.15) is 88.5 Å². The lowest BCUT2D eigenvalue weighted by atomic mass is 9.69. The van der Waals surface area contributed by atoms with Gasteiger partial charge in [0, 0.05) is 82.2 Å². The Morgan fingerprint density at radius 3 is 1.32 bits per heavy atom. The summed E-state index contributed by atoms with van der Waals surface area (Å²) in [6.45, 7) is 3.45. The highest BCUT2D eigenvalue weighted by Gasteiger charge is 2.49. The molecule has 0 radical (unpaired) electrons. The molecule has 13 N–H and O–H groups in total. The maximum atomic E-state index is 12.1. The van der Waals surface area contributed by atoms with E-state index in [-0.39, 0.29) is 62.8 Å². The Balaban J connectivity index is 1.31. The van der Waals surface area contributed by atoms with Crippen molar-refractivity contribution >= 4 is 0 Å². The van der Waals surface area contributed by atoms with Crippen molar-refractivity contribution in [3.05, 3.63) is 123 Å². The third-order valence-electron chi connectivity index (χ3n) is 12.5. The number of aliphatic hydroxyl groups is 1. The fourth-order valence-electron chi connectivity index (χ4n) is 9.60. The van der Waals surface area contributed by atoms with Crippen molar-refractivity contribution in [2.24, 2.45) is 11.8 Å². The predicted molar refractivity (Wildman–Crippen MR) is 220 cm³/mol. The van der Waals surface area contributed by atoms with Crippen LogP contribution in [0.15, 0.2) is 78.9 Å². The molecule has 0 saturated carbocycles. The largest absolute Gasteiger partial charge is 0.508 e. The van der Waals surface area contributed by atoms with Crippen LogP contribution in [0, 0.1) is 11.8 Å². The summed E-state index contributed by atoms with van der Waals surface area (Å²) < 4.78 is 19.7. The molecule has 63 heavy (non-hydrogen) atoms. The highest BCUT2D eigenvalue weighted by molar-refractivity contribution is 5.70. The third kappa shape index (κ3) is 6.48. The third-order valence-corrected chi connectivity index (χ3v) is 12.5. The van der Waals surface area contributed by atoms with E-state index in [2.05, 4.69) is 0 Å². The van der Waals surface area contributed by atoms with E-state index < -0.39 is 111 Å². The Kier molecular flexibility index (Phi) is 9.51. The quantitative estimate of drug-likeness (QED) is 0.0777. The van der Waals surface area contributed by atoms with Gasteiger partial charge in [0.25, 0.3) is 0 Å². The van der Waals surface area contributed by atoms with E-state index in [1.807, 2.05) is 0 Å². The van der Waals surface area contributed by atoms with Gasteiger partial charge in [0.05, 0.1) is 6.10 Å². The predicted octanol–water partition coefficient (Wildman–Crippen LogP) is 6.99. The number of phenolic OH excluding ortho intramolecular Hbond substituents is 12. The molecule has 0 bridgehead atoms. The number of benzene rings is 6. The minimum Gasteiger partial charge on any atom is -0.508 e. The summed E-state index contributed by atoms with van der Waals surface area (Å²) in [5.41, 5.74) is 1.10. The molecule has 6 aromatic rings. The molecule has 0 amide bonds. The van der Waals surface area contributed by atoms with Crippen molar-refractivity contribution in [3.8, 4) is 86.2 Å². The van der Waals surface area contributed by atoms with Gasteiger partial charge < -0.3 is 80.6 Å². The van der Waals surface area contributed by atoms with E-state index in [4.69, 9.17) is 14.2 Å². The fourth-order valence-corrected chi connectivity index (χ4v) is 9.60. The Morgan fingerprint density at radius 1 is 0.397 bits per heavy atom. The number of ether oxygens (including phenoxy) is 3. The maximum absolute atomic E-state index is 12.1. The van der Waals surface area contributed by atoms with Crippen molar-refractivity contribution in [2.75, 3.05) is 0 Å². The van der Waals surface area contributed by atoms with Crippen LogP contribution in [0.2, 0.25) is 0 Å². The number of aliphatic hydroxyl groups excluding tert-OH is 1. The molecule has 0 aliphatic carbocycles. The summed E-state index contributed by atoms with van der Waals surface area (Å²) in [4.78, 5) is 0. The maximum Gasteiger partial charge on any atom is 0.157 e. The number of hydrogen-bond acceptors (Lipinski definition) is 16. The van der Waals surface area contributed by atoms with Gasteiger partial charge in [-0.15, -0.1) is 0 Å². The molecule has 3 aliphatic heterocycles. The first-order chi connectivity index (χ1) is 29.9. The van der Waals surface area contributed by atoms with Crippen LogP contribution < -0.4 is 14.2 Å². The van der Waals surface area contributed by atoms with Crippen LogP contribution in [0.3, 0.4) is 0 Å². The number of phenols is 12. The second kappa shape index (κ2) is 14.7. The van der Waals surface area contributed by atoms with Crippen LogP contribution >= 0.6 is 0 Å². The average Bonchev–Trinajstić information content (AvgIpc) is 3.22. The first-order valence-electron chi connectivity index (χ1n) is 19.9. The lowest BCUT2D eigenvalue weighted by molar-refractivity contribution is 0.0178. The van der Waals surface area contributed by atoms with Crippen LogP contribution in [0.4, 0.5) is 0 Å². The monoisotopic (exact) mass is 862 g/mol. The summed E-state index contributed by atoms with van der Waals surface area (Å²) in [5.74, 6) is -9.61. The summed E-state index contributed by atoms with van der Waals surface area (Å²) in [6.07, 6.45) is -4.84. The summed E-state index contributed by atoms with van der Waals surface area (Å²) in [6, 6.07) is 16.4. The van der Waals surface area contributed by atoms with Crippen molar-refractivity contribution in [1.29, 1.82) is 0 Å². The Hall–Kier alpha value is -7.72. The van der Waals surface area contributed by atoms with E-state index in [0.29, 0.717) is 11.1 Å². The van der Waals surface area contributed by atoms with E-state index >= 15 is 0 Å². The highest BCUT2D eigenvalue weighted by atomic mass is 16.5. The molecule has 0 aromatic heterocycles. The summed E-state index contributed by atoms with van der Waals surface area (Å²) in [7, 11) is 0. The second-order valence-corrected chi connectivity index (χ2v) is 16.4. The molecule has 6 aromatic carbocycles. The van der Waals surface area contributed by atoms with Crippen LogP contribution in [-0.2, 0) is 6.42 Å². The first kappa shape index (κ1) is 40.7. The minimum atomic E-state index is -1.31. The molecule has 0 spiro atoms. The standard InChI is InChI=1S/C47H42O16/c1-17-37(39-31(56)12-22(48)13-36(39)61-43(17)19-3-6-24(49)28(53)9-19)41-33(58)16-34(59)42-38(18(2)44(62-47(41)42)20-4-7-25(50)29(54)10-20)40-32(57)15-27(52)23-14-35(60)45(63-46(23)40)21-5-8-26(51)30(55)11-21/h3-13,15-18,35,37-38,43-45,48-60H,14H2,1-2H3/t17?,18?,35-,37?,38?,43?,44?,45?/m0/s1. The molecule has 326 valence electrons. The Morgan fingerprint density at radius 2 is 0.810 bits per heavy atom. The zero-order chi connectivity index (χ0) is 44.9. The molecule has 0 saturated heterocycles. The molecule has 16 heteroatoms. The van der Waals surface area contributed by atoms with E-state index in [9.17, 15) is 66.4 Å². The molecule has 16 nitrogen and oxygen atoms in total. The molecule has 8 atom stereocenters. The van der Waals surface area contributed by atoms with Gasteiger partial charge in [-0.05, 0) is 53.1 Å². The van der Waals surface area contributed by atoms with Gasteiger partial charge in [-0.3, -0.25) is 0 Å². The minimum absolute atomic E-state index is 0.000313. The van der Waals surface area contributed by atoms with Crippen LogP contribution in [0.5, 0.6) is 86.2 Å². The van der Waals surface area contributed by atoms with Gasteiger partial charge in [0.1, 0.15) is 70.1 Å². The lowest BCUT2D eigenvalue weighted by Crippen LogP contribution is -2.34. The smallest absolute Gasteiger partial charge is 0.157 e. The number of aromatic hydroxyl groups is 12. The first-order valence-corrected chi connectivity index (χ1v) is 19.9. The van der Waals surface area contributed by atoms with Crippen molar-refractivity contribution in [2.45, 2.75) is 56.5 Å². The number of rotatable bonds is 5. The molecular formula is C47H42O16. The van der Waals surface area contributed by atoms with E-state index in [1.165, 1.54) is 60.7 Å². The van der Waals surface area contributed by atoms with Gasteiger partial charge in [-0.2, -0.15) is 0 Å². The zero-order valence-corrected chi connectivity index (χ0v) is 33.4. The average molecular weight is 863 g/mol. The number of fused-ring (bicyclic) bond motifs is 3. The molecule has 3 heterocycles. The molecule has 9 rings (SSSR count). The topological polar surface area (TPSA) is 291 Å². The molecular weight excluding hydrogens is 821 g/mol. The van der Waals surface area contributed by atoms with Crippen molar-refractivity contribution in [1.82, 2.24) is 0 Å². The Bertz CT molecular complexity index is 2840. The molecule has 3 aliphatic rings. The fraction of sp³-hybridized carbons (Fsp3) is 0.234. The van der Waals surface area contributed by atoms with Gasteiger partial charge in [-0.25, -0.2) is 0 Å².